The Morgan fingerprint density at radius 1 is 1.24 bits per heavy atom. The van der Waals surface area contributed by atoms with E-state index in [0.29, 0.717) is 0 Å². The molecule has 17 heavy (non-hydrogen) atoms. The summed E-state index contributed by atoms with van der Waals surface area (Å²) < 4.78 is 0. The van der Waals surface area contributed by atoms with Crippen molar-refractivity contribution in [1.29, 1.82) is 0 Å². The van der Waals surface area contributed by atoms with E-state index >= 15 is 0 Å². The maximum Gasteiger partial charge on any atom is 0.127 e. The highest BCUT2D eigenvalue weighted by Gasteiger charge is 2.36. The molecule has 2 rings (SSSR count). The normalized spacial score (nSPS) is 26.2. The molecule has 98 valence electrons. The Morgan fingerprint density at radius 2 is 1.88 bits per heavy atom. The predicted octanol–water partition coefficient (Wildman–Crippen LogP) is 3.26. The molecule has 0 atom stereocenters. The average molecular weight is 237 g/mol. The van der Waals surface area contributed by atoms with E-state index in [-0.39, 0.29) is 5.41 Å². The van der Waals surface area contributed by atoms with Crippen LogP contribution in [0.5, 0.6) is 0 Å². The summed E-state index contributed by atoms with van der Waals surface area (Å²) in [6.45, 7) is 5.77. The van der Waals surface area contributed by atoms with Gasteiger partial charge in [-0.15, -0.1) is 0 Å². The fourth-order valence-corrected chi connectivity index (χ4v) is 3.68. The van der Waals surface area contributed by atoms with E-state index in [2.05, 4.69) is 11.8 Å². The van der Waals surface area contributed by atoms with E-state index in [1.54, 1.807) is 0 Å². The van der Waals surface area contributed by atoms with Gasteiger partial charge in [0.2, 0.25) is 0 Å². The Labute approximate surface area is 106 Å². The number of hydrogen-bond acceptors (Lipinski definition) is 2. The van der Waals surface area contributed by atoms with Crippen LogP contribution in [0.1, 0.15) is 58.3 Å². The number of likely N-dealkylation sites (tertiary alicyclic amines) is 1. The zero-order chi connectivity index (χ0) is 12.1. The van der Waals surface area contributed by atoms with Crippen LogP contribution in [0.3, 0.4) is 0 Å². The lowest BCUT2D eigenvalue weighted by molar-refractivity contribution is -0.117. The highest BCUT2D eigenvalue weighted by Crippen LogP contribution is 2.37. The zero-order valence-corrected chi connectivity index (χ0v) is 11.3. The minimum absolute atomic E-state index is 0.0254. The van der Waals surface area contributed by atoms with Crippen LogP contribution in [-0.2, 0) is 4.79 Å². The first kappa shape index (κ1) is 13.1. The maximum absolute atomic E-state index is 11.3. The third-order valence-electron chi connectivity index (χ3n) is 4.79. The summed E-state index contributed by atoms with van der Waals surface area (Å²) in [5, 5.41) is 0. The van der Waals surface area contributed by atoms with Crippen molar-refractivity contribution in [2.75, 3.05) is 19.6 Å². The number of nitrogens with zero attached hydrogens (tertiary/aromatic N) is 1. The summed E-state index contributed by atoms with van der Waals surface area (Å²) in [5.74, 6) is 0.951. The van der Waals surface area contributed by atoms with Crippen LogP contribution in [0.15, 0.2) is 0 Å². The monoisotopic (exact) mass is 237 g/mol. The van der Waals surface area contributed by atoms with Gasteiger partial charge in [0.25, 0.3) is 0 Å². The molecule has 0 amide bonds. The molecule has 0 aromatic heterocycles. The third-order valence-corrected chi connectivity index (χ3v) is 4.79. The first-order valence-electron chi connectivity index (χ1n) is 7.47. The van der Waals surface area contributed by atoms with Crippen LogP contribution < -0.4 is 0 Å². The Morgan fingerprint density at radius 3 is 2.41 bits per heavy atom. The lowest BCUT2D eigenvalue weighted by Gasteiger charge is -2.36. The molecule has 1 heterocycles. The van der Waals surface area contributed by atoms with Gasteiger partial charge in [0, 0.05) is 12.0 Å². The number of carbonyl (C=O) groups excluding carboxylic acids is 1. The quantitative estimate of drug-likeness (QED) is 0.684. The molecule has 0 aromatic rings. The van der Waals surface area contributed by atoms with Crippen molar-refractivity contribution in [3.63, 3.8) is 0 Å². The van der Waals surface area contributed by atoms with Crippen molar-refractivity contribution in [3.05, 3.63) is 0 Å². The fourth-order valence-electron chi connectivity index (χ4n) is 3.68. The summed E-state index contributed by atoms with van der Waals surface area (Å²) in [6, 6.07) is 0. The number of aldehydes is 1. The average Bonchev–Trinajstić information content (AvgIpc) is 2.81. The second kappa shape index (κ2) is 5.99. The zero-order valence-electron chi connectivity index (χ0n) is 11.3. The largest absolute Gasteiger partial charge is 0.303 e. The summed E-state index contributed by atoms with van der Waals surface area (Å²) >= 11 is 0. The highest BCUT2D eigenvalue weighted by molar-refractivity contribution is 5.60. The van der Waals surface area contributed by atoms with Gasteiger partial charge in [-0.2, -0.15) is 0 Å². The first-order chi connectivity index (χ1) is 8.28. The van der Waals surface area contributed by atoms with Gasteiger partial charge >= 0.3 is 0 Å². The van der Waals surface area contributed by atoms with Gasteiger partial charge < -0.3 is 9.69 Å². The minimum atomic E-state index is 0.0254. The van der Waals surface area contributed by atoms with Crippen molar-refractivity contribution in [2.45, 2.75) is 58.3 Å². The predicted molar refractivity (Wildman–Crippen MR) is 71.0 cm³/mol. The van der Waals surface area contributed by atoms with Crippen molar-refractivity contribution in [1.82, 2.24) is 4.90 Å². The third kappa shape index (κ3) is 3.31. The summed E-state index contributed by atoms with van der Waals surface area (Å²) in [4.78, 5) is 13.9. The molecule has 2 aliphatic rings. The van der Waals surface area contributed by atoms with Crippen LogP contribution in [0.4, 0.5) is 0 Å². The van der Waals surface area contributed by atoms with Gasteiger partial charge in [-0.1, -0.05) is 32.6 Å². The van der Waals surface area contributed by atoms with E-state index in [1.165, 1.54) is 57.9 Å². The molecule has 2 heteroatoms. The van der Waals surface area contributed by atoms with Crippen molar-refractivity contribution in [3.8, 4) is 0 Å². The number of carbonyl (C=O) groups is 1. The number of piperidine rings is 1. The molecule has 1 saturated carbocycles. The topological polar surface area (TPSA) is 20.3 Å². The van der Waals surface area contributed by atoms with Gasteiger partial charge in [0.15, 0.2) is 0 Å². The van der Waals surface area contributed by atoms with Crippen LogP contribution in [0.25, 0.3) is 0 Å². The van der Waals surface area contributed by atoms with E-state index < -0.39 is 0 Å². The Kier molecular flexibility index (Phi) is 4.61. The minimum Gasteiger partial charge on any atom is -0.303 e. The molecule has 0 radical (unpaired) electrons. The van der Waals surface area contributed by atoms with Gasteiger partial charge in [0.1, 0.15) is 6.29 Å². The van der Waals surface area contributed by atoms with Crippen LogP contribution in [0.2, 0.25) is 0 Å². The van der Waals surface area contributed by atoms with E-state index in [4.69, 9.17) is 0 Å². The van der Waals surface area contributed by atoms with Gasteiger partial charge in [-0.25, -0.2) is 0 Å². The highest BCUT2D eigenvalue weighted by atomic mass is 16.1. The smallest absolute Gasteiger partial charge is 0.127 e. The molecule has 1 aliphatic carbocycles. The molecule has 2 fully saturated rings. The fraction of sp³-hybridized carbons (Fsp3) is 0.933. The lowest BCUT2D eigenvalue weighted by Crippen LogP contribution is -2.41. The van der Waals surface area contributed by atoms with Crippen molar-refractivity contribution in [2.24, 2.45) is 11.3 Å². The first-order valence-corrected chi connectivity index (χ1v) is 7.47. The van der Waals surface area contributed by atoms with Crippen molar-refractivity contribution >= 4 is 6.29 Å². The number of rotatable bonds is 5. The summed E-state index contributed by atoms with van der Waals surface area (Å²) in [7, 11) is 0. The molecular formula is C15H27NO. The molecule has 0 aromatic carbocycles. The molecule has 1 saturated heterocycles. The van der Waals surface area contributed by atoms with Gasteiger partial charge in [0.05, 0.1) is 0 Å². The number of hydrogen-bond donors (Lipinski definition) is 0. The molecule has 0 N–H and O–H groups in total. The van der Waals surface area contributed by atoms with E-state index in [0.717, 1.165) is 25.3 Å². The second-order valence-electron chi connectivity index (χ2n) is 6.20. The Bertz CT molecular complexity index is 237. The molecule has 0 spiro atoms. The Hall–Kier alpha value is -0.370. The molecule has 0 bridgehead atoms. The molecular weight excluding hydrogens is 210 g/mol. The SMILES string of the molecule is CCCC1CCN(CC2(C=O)CCCC2)CC1. The molecule has 2 nitrogen and oxygen atoms in total. The van der Waals surface area contributed by atoms with E-state index in [9.17, 15) is 4.79 Å². The van der Waals surface area contributed by atoms with Crippen LogP contribution in [-0.4, -0.2) is 30.8 Å². The Balaban J connectivity index is 1.79. The summed E-state index contributed by atoms with van der Waals surface area (Å²) in [6.07, 6.45) is 11.5. The van der Waals surface area contributed by atoms with Crippen molar-refractivity contribution < 1.29 is 4.79 Å². The van der Waals surface area contributed by atoms with Crippen LogP contribution >= 0.6 is 0 Å². The van der Waals surface area contributed by atoms with E-state index in [1.807, 2.05) is 0 Å². The lowest BCUT2D eigenvalue weighted by atomic mass is 9.85. The second-order valence-corrected chi connectivity index (χ2v) is 6.20. The standard InChI is InChI=1S/C15H27NO/c1-2-5-14-6-10-16(11-7-14)12-15(13-17)8-3-4-9-15/h13-14H,2-12H2,1H3. The summed E-state index contributed by atoms with van der Waals surface area (Å²) in [5.41, 5.74) is 0.0254. The van der Waals surface area contributed by atoms with Gasteiger partial charge in [-0.3, -0.25) is 0 Å². The maximum atomic E-state index is 11.3. The molecule has 0 unspecified atom stereocenters. The van der Waals surface area contributed by atoms with Crippen LogP contribution in [0, 0.1) is 11.3 Å². The molecule has 1 aliphatic heterocycles. The van der Waals surface area contributed by atoms with Gasteiger partial charge in [-0.05, 0) is 44.7 Å².